The first kappa shape index (κ1) is 24.2. The fourth-order valence-corrected chi connectivity index (χ4v) is 5.39. The van der Waals surface area contributed by atoms with E-state index in [1.165, 1.54) is 6.26 Å². The number of carbonyl (C=O) groups is 3. The van der Waals surface area contributed by atoms with Crippen molar-refractivity contribution in [2.75, 3.05) is 45.9 Å². The van der Waals surface area contributed by atoms with E-state index in [1.807, 2.05) is 28.0 Å². The van der Waals surface area contributed by atoms with Gasteiger partial charge in [0.05, 0.1) is 12.8 Å². The van der Waals surface area contributed by atoms with Gasteiger partial charge in [0.25, 0.3) is 5.91 Å². The monoisotopic (exact) mass is 495 g/mol. The third-order valence-electron chi connectivity index (χ3n) is 7.58. The van der Waals surface area contributed by atoms with Crippen LogP contribution in [0.1, 0.15) is 48.2 Å². The first-order chi connectivity index (χ1) is 17.5. The van der Waals surface area contributed by atoms with E-state index in [9.17, 15) is 14.4 Å². The molecule has 9 nitrogen and oxygen atoms in total. The zero-order valence-corrected chi connectivity index (χ0v) is 20.5. The van der Waals surface area contributed by atoms with Gasteiger partial charge in [0.15, 0.2) is 17.3 Å². The highest BCUT2D eigenvalue weighted by Crippen LogP contribution is 2.40. The standard InChI is InChI=1S/C27H33N3O6/c31-24(5-1-3-20-6-7-21-23(17-20)36-16-15-35-21)30-13-10-27(19-30)8-11-29(12-9-27)25(32)18-28-26(33)22-4-2-14-34-22/h2,4,6-7,14,17H,1,3,5,8-13,15-16,18-19H2,(H,28,33). The largest absolute Gasteiger partial charge is 0.486 e. The molecule has 0 unspecified atom stereocenters. The lowest BCUT2D eigenvalue weighted by molar-refractivity contribution is -0.134. The summed E-state index contributed by atoms with van der Waals surface area (Å²) in [6.45, 7) is 3.98. The Labute approximate surface area is 210 Å². The molecule has 2 fully saturated rings. The van der Waals surface area contributed by atoms with Gasteiger partial charge in [-0.1, -0.05) is 6.07 Å². The average Bonchev–Trinajstić information content (AvgIpc) is 3.59. The van der Waals surface area contributed by atoms with Crippen molar-refractivity contribution in [1.29, 1.82) is 0 Å². The van der Waals surface area contributed by atoms with Crippen LogP contribution < -0.4 is 14.8 Å². The van der Waals surface area contributed by atoms with Crippen LogP contribution in [0.3, 0.4) is 0 Å². The minimum absolute atomic E-state index is 0.0412. The third kappa shape index (κ3) is 5.50. The summed E-state index contributed by atoms with van der Waals surface area (Å²) in [6, 6.07) is 9.20. The highest BCUT2D eigenvalue weighted by Gasteiger charge is 2.42. The summed E-state index contributed by atoms with van der Waals surface area (Å²) in [7, 11) is 0. The smallest absolute Gasteiger partial charge is 0.287 e. The second kappa shape index (κ2) is 10.6. The summed E-state index contributed by atoms with van der Waals surface area (Å²) >= 11 is 0. The predicted octanol–water partition coefficient (Wildman–Crippen LogP) is 2.64. The number of hydrogen-bond acceptors (Lipinski definition) is 6. The molecular weight excluding hydrogens is 462 g/mol. The molecule has 4 heterocycles. The molecule has 2 aromatic rings. The summed E-state index contributed by atoms with van der Waals surface area (Å²) < 4.78 is 16.3. The van der Waals surface area contributed by atoms with Crippen LogP contribution in [0.5, 0.6) is 11.5 Å². The number of nitrogens with one attached hydrogen (secondary N) is 1. The van der Waals surface area contributed by atoms with Crippen LogP contribution in [0.2, 0.25) is 0 Å². The number of nitrogens with zero attached hydrogens (tertiary/aromatic N) is 2. The van der Waals surface area contributed by atoms with E-state index >= 15 is 0 Å². The summed E-state index contributed by atoms with van der Waals surface area (Å²) in [5.41, 5.74) is 1.25. The van der Waals surface area contributed by atoms with E-state index < -0.39 is 0 Å². The zero-order chi connectivity index (χ0) is 25.0. The Bertz CT molecular complexity index is 1090. The topological polar surface area (TPSA) is 101 Å². The van der Waals surface area contributed by atoms with Gasteiger partial charge in [-0.05, 0) is 67.3 Å². The van der Waals surface area contributed by atoms with Crippen molar-refractivity contribution in [3.8, 4) is 11.5 Å². The number of hydrogen-bond donors (Lipinski definition) is 1. The van der Waals surface area contributed by atoms with Crippen LogP contribution >= 0.6 is 0 Å². The highest BCUT2D eigenvalue weighted by molar-refractivity contribution is 5.94. The van der Waals surface area contributed by atoms with Crippen LogP contribution in [-0.2, 0) is 16.0 Å². The molecule has 3 aliphatic heterocycles. The fraction of sp³-hybridized carbons (Fsp3) is 0.519. The summed E-state index contributed by atoms with van der Waals surface area (Å²) in [5, 5.41) is 2.62. The molecule has 3 aliphatic rings. The first-order valence-corrected chi connectivity index (χ1v) is 12.8. The average molecular weight is 496 g/mol. The number of fused-ring (bicyclic) bond motifs is 1. The number of benzene rings is 1. The molecule has 0 saturated carbocycles. The van der Waals surface area contributed by atoms with Crippen LogP contribution in [-0.4, -0.2) is 73.5 Å². The second-order valence-electron chi connectivity index (χ2n) is 9.94. The number of aryl methyl sites for hydroxylation is 1. The van der Waals surface area contributed by atoms with Gasteiger partial charge in [-0.3, -0.25) is 14.4 Å². The maximum Gasteiger partial charge on any atom is 0.287 e. The number of piperidine rings is 1. The Hall–Kier alpha value is -3.49. The van der Waals surface area contributed by atoms with E-state index in [1.54, 1.807) is 12.1 Å². The SMILES string of the molecule is O=C(NCC(=O)N1CCC2(CC1)CCN(C(=O)CCCc1ccc3c(c1)OCCO3)C2)c1ccco1. The summed E-state index contributed by atoms with van der Waals surface area (Å²) in [4.78, 5) is 41.2. The van der Waals surface area contributed by atoms with Crippen molar-refractivity contribution < 1.29 is 28.3 Å². The van der Waals surface area contributed by atoms with Gasteiger partial charge in [-0.2, -0.15) is 0 Å². The molecule has 3 amide bonds. The Morgan fingerprint density at radius 2 is 1.67 bits per heavy atom. The minimum Gasteiger partial charge on any atom is -0.486 e. The molecule has 0 atom stereocenters. The van der Waals surface area contributed by atoms with Crippen molar-refractivity contribution in [1.82, 2.24) is 15.1 Å². The lowest BCUT2D eigenvalue weighted by atomic mass is 9.78. The number of furan rings is 1. The Morgan fingerprint density at radius 3 is 2.42 bits per heavy atom. The highest BCUT2D eigenvalue weighted by atomic mass is 16.6. The molecule has 36 heavy (non-hydrogen) atoms. The van der Waals surface area contributed by atoms with Crippen molar-refractivity contribution in [3.05, 3.63) is 47.9 Å². The van der Waals surface area contributed by atoms with Crippen LogP contribution in [0, 0.1) is 5.41 Å². The molecule has 0 radical (unpaired) electrons. The molecule has 1 aromatic heterocycles. The quantitative estimate of drug-likeness (QED) is 0.634. The number of carbonyl (C=O) groups excluding carboxylic acids is 3. The molecule has 0 bridgehead atoms. The van der Waals surface area contributed by atoms with Gasteiger partial charge in [0.2, 0.25) is 11.8 Å². The van der Waals surface area contributed by atoms with E-state index in [-0.39, 0.29) is 35.4 Å². The molecule has 1 N–H and O–H groups in total. The van der Waals surface area contributed by atoms with E-state index in [4.69, 9.17) is 13.9 Å². The molecule has 5 rings (SSSR count). The lowest BCUT2D eigenvalue weighted by Gasteiger charge is -2.39. The van der Waals surface area contributed by atoms with E-state index in [0.717, 1.165) is 62.3 Å². The number of amides is 3. The maximum atomic E-state index is 12.9. The molecule has 192 valence electrons. The van der Waals surface area contributed by atoms with Crippen LogP contribution in [0.4, 0.5) is 0 Å². The molecular formula is C27H33N3O6. The van der Waals surface area contributed by atoms with Gasteiger partial charge in [0, 0.05) is 32.6 Å². The normalized spacial score (nSPS) is 18.3. The minimum atomic E-state index is -0.388. The number of ether oxygens (including phenoxy) is 2. The Morgan fingerprint density at radius 1 is 0.917 bits per heavy atom. The van der Waals surface area contributed by atoms with Gasteiger partial charge >= 0.3 is 0 Å². The third-order valence-corrected chi connectivity index (χ3v) is 7.58. The van der Waals surface area contributed by atoms with E-state index in [2.05, 4.69) is 5.32 Å². The van der Waals surface area contributed by atoms with Crippen LogP contribution in [0.25, 0.3) is 0 Å². The van der Waals surface area contributed by atoms with Gasteiger partial charge in [0.1, 0.15) is 13.2 Å². The molecule has 9 heteroatoms. The zero-order valence-electron chi connectivity index (χ0n) is 20.5. The van der Waals surface area contributed by atoms with Crippen molar-refractivity contribution in [2.45, 2.75) is 38.5 Å². The number of rotatable bonds is 7. The second-order valence-corrected chi connectivity index (χ2v) is 9.94. The maximum absolute atomic E-state index is 12.9. The Balaban J connectivity index is 1.03. The summed E-state index contributed by atoms with van der Waals surface area (Å²) in [5.74, 6) is 1.51. The molecule has 0 aliphatic carbocycles. The van der Waals surface area contributed by atoms with Crippen molar-refractivity contribution in [2.24, 2.45) is 5.41 Å². The van der Waals surface area contributed by atoms with Gasteiger partial charge < -0.3 is 29.0 Å². The lowest BCUT2D eigenvalue weighted by Crippen LogP contribution is -2.47. The molecule has 1 aromatic carbocycles. The fourth-order valence-electron chi connectivity index (χ4n) is 5.39. The van der Waals surface area contributed by atoms with Gasteiger partial charge in [-0.15, -0.1) is 0 Å². The van der Waals surface area contributed by atoms with Crippen molar-refractivity contribution >= 4 is 17.7 Å². The van der Waals surface area contributed by atoms with Crippen molar-refractivity contribution in [3.63, 3.8) is 0 Å². The van der Waals surface area contributed by atoms with Gasteiger partial charge in [-0.25, -0.2) is 0 Å². The molecule has 2 saturated heterocycles. The predicted molar refractivity (Wildman–Crippen MR) is 131 cm³/mol. The molecule has 1 spiro atoms. The van der Waals surface area contributed by atoms with Crippen LogP contribution in [0.15, 0.2) is 41.0 Å². The first-order valence-electron chi connectivity index (χ1n) is 12.8. The Kier molecular flexibility index (Phi) is 7.16. The van der Waals surface area contributed by atoms with E-state index in [0.29, 0.717) is 32.7 Å². The number of likely N-dealkylation sites (tertiary alicyclic amines) is 2. The summed E-state index contributed by atoms with van der Waals surface area (Å²) in [6.07, 6.45) is 6.33.